The van der Waals surface area contributed by atoms with E-state index >= 15 is 0 Å². The molecular weight excluding hydrogens is 328 g/mol. The number of methoxy groups -OCH3 is 1. The highest BCUT2D eigenvalue weighted by Gasteiger charge is 2.12. The molecule has 2 aromatic carbocycles. The molecule has 1 unspecified atom stereocenters. The second-order valence-corrected chi connectivity index (χ2v) is 5.56. The van der Waals surface area contributed by atoms with Crippen LogP contribution in [0.5, 0.6) is 11.5 Å². The minimum absolute atomic E-state index is 0.321. The van der Waals surface area contributed by atoms with Gasteiger partial charge in [-0.05, 0) is 29.7 Å². The molecular formula is C18H21BrO2. The van der Waals surface area contributed by atoms with Crippen molar-refractivity contribution in [1.82, 2.24) is 0 Å². The second-order valence-electron chi connectivity index (χ2n) is 4.91. The third kappa shape index (κ3) is 4.24. The molecule has 0 amide bonds. The Morgan fingerprint density at radius 1 is 1.05 bits per heavy atom. The van der Waals surface area contributed by atoms with E-state index in [1.165, 1.54) is 11.1 Å². The van der Waals surface area contributed by atoms with Gasteiger partial charge in [0.1, 0.15) is 0 Å². The first-order valence-electron chi connectivity index (χ1n) is 7.19. The van der Waals surface area contributed by atoms with Gasteiger partial charge >= 0.3 is 0 Å². The van der Waals surface area contributed by atoms with Crippen LogP contribution in [0.1, 0.15) is 24.0 Å². The number of alkyl halides is 1. The average molecular weight is 349 g/mol. The maximum Gasteiger partial charge on any atom is 0.161 e. The smallest absolute Gasteiger partial charge is 0.161 e. The fraction of sp³-hybridized carbons (Fsp3) is 0.333. The van der Waals surface area contributed by atoms with E-state index in [-0.39, 0.29) is 0 Å². The highest BCUT2D eigenvalue weighted by molar-refractivity contribution is 9.09. The monoisotopic (exact) mass is 348 g/mol. The lowest BCUT2D eigenvalue weighted by Gasteiger charge is -2.17. The summed E-state index contributed by atoms with van der Waals surface area (Å²) in [7, 11) is 1.68. The lowest BCUT2D eigenvalue weighted by atomic mass is 10.0. The van der Waals surface area contributed by atoms with E-state index in [1.54, 1.807) is 7.11 Å². The minimum Gasteiger partial charge on any atom is -0.493 e. The normalized spacial score (nSPS) is 12.0. The van der Waals surface area contributed by atoms with Crippen molar-refractivity contribution < 1.29 is 9.47 Å². The van der Waals surface area contributed by atoms with Crippen molar-refractivity contribution in [2.75, 3.05) is 19.0 Å². The zero-order valence-electron chi connectivity index (χ0n) is 12.5. The molecule has 0 aliphatic carbocycles. The number of ether oxygens (including phenoxy) is 2. The number of benzene rings is 2. The molecule has 2 aromatic rings. The Kier molecular flexibility index (Phi) is 6.12. The molecule has 0 aromatic heterocycles. The van der Waals surface area contributed by atoms with Gasteiger partial charge in [0.2, 0.25) is 0 Å². The van der Waals surface area contributed by atoms with E-state index in [2.05, 4.69) is 53.2 Å². The van der Waals surface area contributed by atoms with Gasteiger partial charge in [-0.3, -0.25) is 0 Å². The topological polar surface area (TPSA) is 18.5 Å². The molecule has 2 nitrogen and oxygen atoms in total. The van der Waals surface area contributed by atoms with Crippen LogP contribution >= 0.6 is 15.9 Å². The van der Waals surface area contributed by atoms with Crippen LogP contribution in [0, 0.1) is 0 Å². The molecule has 0 N–H and O–H groups in total. The molecule has 2 rings (SSSR count). The summed E-state index contributed by atoms with van der Waals surface area (Å²) >= 11 is 3.57. The van der Waals surface area contributed by atoms with Gasteiger partial charge in [0, 0.05) is 11.2 Å². The lowest BCUT2D eigenvalue weighted by Crippen LogP contribution is -2.12. The summed E-state index contributed by atoms with van der Waals surface area (Å²) in [6, 6.07) is 16.5. The van der Waals surface area contributed by atoms with Gasteiger partial charge in [-0.15, -0.1) is 0 Å². The molecule has 0 saturated heterocycles. The molecule has 0 spiro atoms. The minimum atomic E-state index is 0.321. The molecule has 0 bridgehead atoms. The molecule has 21 heavy (non-hydrogen) atoms. The lowest BCUT2D eigenvalue weighted by molar-refractivity contribution is 0.279. The van der Waals surface area contributed by atoms with Crippen LogP contribution in [0.4, 0.5) is 0 Å². The zero-order chi connectivity index (χ0) is 15.1. The van der Waals surface area contributed by atoms with Gasteiger partial charge in [-0.1, -0.05) is 59.3 Å². The van der Waals surface area contributed by atoms with E-state index in [9.17, 15) is 0 Å². The third-order valence-electron chi connectivity index (χ3n) is 3.53. The van der Waals surface area contributed by atoms with E-state index in [0.717, 1.165) is 23.2 Å². The maximum absolute atomic E-state index is 5.98. The van der Waals surface area contributed by atoms with Gasteiger partial charge in [0.15, 0.2) is 11.5 Å². The molecule has 3 heteroatoms. The van der Waals surface area contributed by atoms with Gasteiger partial charge in [0.05, 0.1) is 13.7 Å². The summed E-state index contributed by atoms with van der Waals surface area (Å²) in [6.07, 6.45) is 0.991. The molecule has 0 fully saturated rings. The number of hydrogen-bond donors (Lipinski definition) is 0. The summed E-state index contributed by atoms with van der Waals surface area (Å²) in [5, 5.41) is 0.867. The quantitative estimate of drug-likeness (QED) is 0.668. The van der Waals surface area contributed by atoms with Crippen LogP contribution in [-0.2, 0) is 6.42 Å². The van der Waals surface area contributed by atoms with Crippen molar-refractivity contribution in [1.29, 1.82) is 0 Å². The van der Waals surface area contributed by atoms with Gasteiger partial charge in [-0.2, -0.15) is 0 Å². The van der Waals surface area contributed by atoms with Crippen LogP contribution < -0.4 is 9.47 Å². The Hall–Kier alpha value is -1.48. The van der Waals surface area contributed by atoms with Crippen molar-refractivity contribution in [2.45, 2.75) is 19.3 Å². The third-order valence-corrected chi connectivity index (χ3v) is 4.32. The summed E-state index contributed by atoms with van der Waals surface area (Å²) in [5.74, 6) is 1.93. The Bertz CT molecular complexity index is 554. The zero-order valence-corrected chi connectivity index (χ0v) is 14.1. The van der Waals surface area contributed by atoms with Crippen LogP contribution in [0.3, 0.4) is 0 Å². The maximum atomic E-state index is 5.98. The molecule has 0 radical (unpaired) electrons. The number of halogens is 1. The number of hydrogen-bond acceptors (Lipinski definition) is 2. The molecule has 1 atom stereocenters. The van der Waals surface area contributed by atoms with Gasteiger partial charge < -0.3 is 9.47 Å². The molecule has 0 aliphatic rings. The van der Waals surface area contributed by atoms with Crippen molar-refractivity contribution in [3.8, 4) is 11.5 Å². The van der Waals surface area contributed by atoms with Gasteiger partial charge in [-0.25, -0.2) is 0 Å². The second kappa shape index (κ2) is 8.08. The highest BCUT2D eigenvalue weighted by atomic mass is 79.9. The SMILES string of the molecule is CCc1ccc(OCC(CBr)c2ccccc2)c(OC)c1. The molecule has 112 valence electrons. The first-order valence-corrected chi connectivity index (χ1v) is 8.31. The van der Waals surface area contributed by atoms with Crippen LogP contribution in [0.2, 0.25) is 0 Å². The average Bonchev–Trinajstić information content (AvgIpc) is 2.56. The first kappa shape index (κ1) is 15.9. The summed E-state index contributed by atoms with van der Waals surface area (Å²) < 4.78 is 11.4. The summed E-state index contributed by atoms with van der Waals surface area (Å²) in [4.78, 5) is 0. The van der Waals surface area contributed by atoms with Crippen molar-refractivity contribution in [2.24, 2.45) is 0 Å². The number of rotatable bonds is 7. The van der Waals surface area contributed by atoms with Gasteiger partial charge in [0.25, 0.3) is 0 Å². The summed E-state index contributed by atoms with van der Waals surface area (Å²) in [5.41, 5.74) is 2.53. The Morgan fingerprint density at radius 3 is 2.43 bits per heavy atom. The standard InChI is InChI=1S/C18H21BrO2/c1-3-14-9-10-17(18(11-14)20-2)21-13-16(12-19)15-7-5-4-6-8-15/h4-11,16H,3,12-13H2,1-2H3. The number of aryl methyl sites for hydroxylation is 1. The van der Waals surface area contributed by atoms with E-state index < -0.39 is 0 Å². The van der Waals surface area contributed by atoms with E-state index in [1.807, 2.05) is 18.2 Å². The van der Waals surface area contributed by atoms with Crippen LogP contribution in [0.15, 0.2) is 48.5 Å². The Morgan fingerprint density at radius 2 is 1.81 bits per heavy atom. The molecule has 0 heterocycles. The van der Waals surface area contributed by atoms with Crippen molar-refractivity contribution >= 4 is 15.9 Å². The fourth-order valence-corrected chi connectivity index (χ4v) is 2.76. The first-order chi connectivity index (χ1) is 10.3. The highest BCUT2D eigenvalue weighted by Crippen LogP contribution is 2.30. The predicted molar refractivity (Wildman–Crippen MR) is 90.8 cm³/mol. The predicted octanol–water partition coefficient (Wildman–Crippen LogP) is 4.82. The van der Waals surface area contributed by atoms with Crippen molar-refractivity contribution in [3.63, 3.8) is 0 Å². The molecule has 0 aliphatic heterocycles. The van der Waals surface area contributed by atoms with E-state index in [0.29, 0.717) is 12.5 Å². The van der Waals surface area contributed by atoms with Crippen LogP contribution in [-0.4, -0.2) is 19.0 Å². The Labute approximate surface area is 135 Å². The summed E-state index contributed by atoms with van der Waals surface area (Å²) in [6.45, 7) is 2.75. The largest absolute Gasteiger partial charge is 0.493 e. The van der Waals surface area contributed by atoms with Crippen molar-refractivity contribution in [3.05, 3.63) is 59.7 Å². The van der Waals surface area contributed by atoms with E-state index in [4.69, 9.17) is 9.47 Å². The fourth-order valence-electron chi connectivity index (χ4n) is 2.20. The van der Waals surface area contributed by atoms with Crippen LogP contribution in [0.25, 0.3) is 0 Å². The Balaban J connectivity index is 2.08. The molecule has 0 saturated carbocycles.